The number of rotatable bonds is 5. The molecular formula is C14H15NO3S. The summed E-state index contributed by atoms with van der Waals surface area (Å²) < 4.78 is 5.63. The maximum atomic E-state index is 11.9. The average molecular weight is 277 g/mol. The van der Waals surface area contributed by atoms with Crippen molar-refractivity contribution in [1.29, 1.82) is 0 Å². The second kappa shape index (κ2) is 6.33. The van der Waals surface area contributed by atoms with Crippen LogP contribution in [-0.2, 0) is 9.53 Å². The summed E-state index contributed by atoms with van der Waals surface area (Å²) in [5.41, 5.74) is 0. The average Bonchev–Trinajstić information content (AvgIpc) is 2.87. The zero-order chi connectivity index (χ0) is 13.7. The van der Waals surface area contributed by atoms with Crippen LogP contribution >= 0.6 is 11.3 Å². The third-order valence-electron chi connectivity index (χ3n) is 2.72. The Morgan fingerprint density at radius 2 is 2.11 bits per heavy atom. The first kappa shape index (κ1) is 13.5. The molecule has 0 radical (unpaired) electrons. The van der Waals surface area contributed by atoms with E-state index in [1.54, 1.807) is 0 Å². The lowest BCUT2D eigenvalue weighted by molar-refractivity contribution is -0.140. The molecule has 0 aliphatic heterocycles. The first-order chi connectivity index (χ1) is 9.20. The fourth-order valence-corrected chi connectivity index (χ4v) is 2.70. The molecule has 0 saturated carbocycles. The summed E-state index contributed by atoms with van der Waals surface area (Å²) in [5.74, 6) is -0.345. The van der Waals surface area contributed by atoms with Gasteiger partial charge in [-0.05, 0) is 23.9 Å². The number of carbonyl (C=O) groups is 2. The minimum Gasteiger partial charge on any atom is -0.469 e. The number of nitrogens with one attached hydrogen (secondary N) is 1. The van der Waals surface area contributed by atoms with E-state index in [0.717, 1.165) is 10.1 Å². The lowest BCUT2D eigenvalue weighted by atomic mass is 10.2. The highest BCUT2D eigenvalue weighted by molar-refractivity contribution is 7.20. The fourth-order valence-electron chi connectivity index (χ4n) is 1.72. The fraction of sp³-hybridized carbons (Fsp3) is 0.286. The van der Waals surface area contributed by atoms with Crippen molar-refractivity contribution in [2.45, 2.75) is 12.8 Å². The Labute approximate surface area is 115 Å². The molecule has 1 aromatic carbocycles. The van der Waals surface area contributed by atoms with Gasteiger partial charge in [0.1, 0.15) is 0 Å². The third-order valence-corrected chi connectivity index (χ3v) is 3.84. The zero-order valence-electron chi connectivity index (χ0n) is 10.6. The van der Waals surface area contributed by atoms with Crippen LogP contribution in [0.5, 0.6) is 0 Å². The summed E-state index contributed by atoms with van der Waals surface area (Å²) in [6.07, 6.45) is 0.909. The predicted octanol–water partition coefficient (Wildman–Crippen LogP) is 2.58. The van der Waals surface area contributed by atoms with Crippen LogP contribution in [0.1, 0.15) is 22.5 Å². The number of benzene rings is 1. The molecule has 0 spiro atoms. The predicted molar refractivity (Wildman–Crippen MR) is 75.4 cm³/mol. The molecule has 19 heavy (non-hydrogen) atoms. The number of fused-ring (bicyclic) bond motifs is 1. The molecule has 1 aromatic heterocycles. The van der Waals surface area contributed by atoms with E-state index in [4.69, 9.17) is 0 Å². The zero-order valence-corrected chi connectivity index (χ0v) is 11.5. The highest BCUT2D eigenvalue weighted by Crippen LogP contribution is 2.24. The van der Waals surface area contributed by atoms with E-state index in [1.165, 1.54) is 18.4 Å². The smallest absolute Gasteiger partial charge is 0.305 e. The van der Waals surface area contributed by atoms with Crippen molar-refractivity contribution in [3.8, 4) is 0 Å². The number of esters is 1. The topological polar surface area (TPSA) is 55.4 Å². The van der Waals surface area contributed by atoms with E-state index >= 15 is 0 Å². The van der Waals surface area contributed by atoms with Gasteiger partial charge in [-0.3, -0.25) is 9.59 Å². The third kappa shape index (κ3) is 3.54. The van der Waals surface area contributed by atoms with Gasteiger partial charge in [0.05, 0.1) is 12.0 Å². The number of ether oxygens (including phenoxy) is 1. The SMILES string of the molecule is COC(=O)CCCNC(=O)c1cc2ccccc2s1. The number of hydrogen-bond donors (Lipinski definition) is 1. The van der Waals surface area contributed by atoms with Crippen LogP contribution in [0, 0.1) is 0 Å². The van der Waals surface area contributed by atoms with E-state index in [-0.39, 0.29) is 11.9 Å². The number of methoxy groups -OCH3 is 1. The van der Waals surface area contributed by atoms with Crippen LogP contribution in [0.15, 0.2) is 30.3 Å². The van der Waals surface area contributed by atoms with Gasteiger partial charge in [0, 0.05) is 17.7 Å². The summed E-state index contributed by atoms with van der Waals surface area (Å²) in [4.78, 5) is 23.5. The van der Waals surface area contributed by atoms with Gasteiger partial charge in [0.15, 0.2) is 0 Å². The van der Waals surface area contributed by atoms with Gasteiger partial charge < -0.3 is 10.1 Å². The normalized spacial score (nSPS) is 10.4. The second-order valence-electron chi connectivity index (χ2n) is 4.08. The maximum absolute atomic E-state index is 11.9. The van der Waals surface area contributed by atoms with Crippen molar-refractivity contribution in [2.75, 3.05) is 13.7 Å². The van der Waals surface area contributed by atoms with E-state index < -0.39 is 0 Å². The molecular weight excluding hydrogens is 262 g/mol. The Hall–Kier alpha value is -1.88. The molecule has 1 heterocycles. The van der Waals surface area contributed by atoms with Crippen LogP contribution < -0.4 is 5.32 Å². The van der Waals surface area contributed by atoms with Gasteiger partial charge in [0.25, 0.3) is 5.91 Å². The van der Waals surface area contributed by atoms with Crippen molar-refractivity contribution in [2.24, 2.45) is 0 Å². The number of thiophene rings is 1. The molecule has 2 aromatic rings. The van der Waals surface area contributed by atoms with Crippen molar-refractivity contribution >= 4 is 33.3 Å². The van der Waals surface area contributed by atoms with E-state index in [2.05, 4.69) is 10.1 Å². The summed E-state index contributed by atoms with van der Waals surface area (Å²) in [6, 6.07) is 9.77. The van der Waals surface area contributed by atoms with Gasteiger partial charge in [-0.1, -0.05) is 18.2 Å². The van der Waals surface area contributed by atoms with Crippen LogP contribution in [0.4, 0.5) is 0 Å². The van der Waals surface area contributed by atoms with Crippen LogP contribution in [0.25, 0.3) is 10.1 Å². The van der Waals surface area contributed by atoms with E-state index in [9.17, 15) is 9.59 Å². The first-order valence-electron chi connectivity index (χ1n) is 6.04. The molecule has 100 valence electrons. The van der Waals surface area contributed by atoms with Gasteiger partial charge >= 0.3 is 5.97 Å². The lowest BCUT2D eigenvalue weighted by Crippen LogP contribution is -2.24. The standard InChI is InChI=1S/C14H15NO3S/c1-18-13(16)7-4-8-15-14(17)12-9-10-5-2-3-6-11(10)19-12/h2-3,5-6,9H,4,7-8H2,1H3,(H,15,17). The molecule has 0 unspecified atom stereocenters. The molecule has 0 saturated heterocycles. The number of carbonyl (C=O) groups excluding carboxylic acids is 2. The van der Waals surface area contributed by atoms with Crippen LogP contribution in [0.2, 0.25) is 0 Å². The Morgan fingerprint density at radius 1 is 1.32 bits per heavy atom. The lowest BCUT2D eigenvalue weighted by Gasteiger charge is -2.02. The summed E-state index contributed by atoms with van der Waals surface area (Å²) in [5, 5.41) is 3.88. The summed E-state index contributed by atoms with van der Waals surface area (Å²) in [7, 11) is 1.36. The monoisotopic (exact) mass is 277 g/mol. The van der Waals surface area contributed by atoms with Gasteiger partial charge in [-0.15, -0.1) is 11.3 Å². The van der Waals surface area contributed by atoms with Crippen molar-refractivity contribution in [1.82, 2.24) is 5.32 Å². The summed E-state index contributed by atoms with van der Waals surface area (Å²) >= 11 is 1.47. The quantitative estimate of drug-likeness (QED) is 0.675. The van der Waals surface area contributed by atoms with Gasteiger partial charge in [-0.2, -0.15) is 0 Å². The van der Waals surface area contributed by atoms with Crippen molar-refractivity contribution in [3.05, 3.63) is 35.2 Å². The highest BCUT2D eigenvalue weighted by Gasteiger charge is 2.09. The minimum absolute atomic E-state index is 0.0916. The van der Waals surface area contributed by atoms with Crippen molar-refractivity contribution in [3.63, 3.8) is 0 Å². The van der Waals surface area contributed by atoms with Gasteiger partial charge in [-0.25, -0.2) is 0 Å². The Kier molecular flexibility index (Phi) is 4.52. The molecule has 0 bridgehead atoms. The summed E-state index contributed by atoms with van der Waals surface area (Å²) in [6.45, 7) is 0.474. The molecule has 0 aliphatic rings. The number of hydrogen-bond acceptors (Lipinski definition) is 4. The Morgan fingerprint density at radius 3 is 2.84 bits per heavy atom. The van der Waals surface area contributed by atoms with Crippen molar-refractivity contribution < 1.29 is 14.3 Å². The largest absolute Gasteiger partial charge is 0.469 e. The molecule has 1 N–H and O–H groups in total. The van der Waals surface area contributed by atoms with Crippen LogP contribution in [0.3, 0.4) is 0 Å². The maximum Gasteiger partial charge on any atom is 0.305 e. The first-order valence-corrected chi connectivity index (χ1v) is 6.86. The molecule has 5 heteroatoms. The van der Waals surface area contributed by atoms with Crippen LogP contribution in [-0.4, -0.2) is 25.5 Å². The molecule has 0 aliphatic carbocycles. The van der Waals surface area contributed by atoms with E-state index in [0.29, 0.717) is 24.3 Å². The molecule has 4 nitrogen and oxygen atoms in total. The van der Waals surface area contributed by atoms with E-state index in [1.807, 2.05) is 30.3 Å². The molecule has 0 atom stereocenters. The molecule has 0 fully saturated rings. The van der Waals surface area contributed by atoms with Gasteiger partial charge in [0.2, 0.25) is 0 Å². The molecule has 1 amide bonds. The molecule has 2 rings (SSSR count). The minimum atomic E-state index is -0.254. The Bertz CT molecular complexity index is 558. The highest BCUT2D eigenvalue weighted by atomic mass is 32.1. The second-order valence-corrected chi connectivity index (χ2v) is 5.17. The number of amides is 1. The Balaban J connectivity index is 1.87.